The summed E-state index contributed by atoms with van der Waals surface area (Å²) in [4.78, 5) is 25.4. The number of esters is 1. The van der Waals surface area contributed by atoms with Crippen molar-refractivity contribution in [2.24, 2.45) is 4.99 Å². The second kappa shape index (κ2) is 10.7. The number of aliphatic imine (C=N–C) groups is 1. The quantitative estimate of drug-likeness (QED) is 0.351. The number of carbonyl (C=O) groups excluding carboxylic acids is 1. The van der Waals surface area contributed by atoms with Crippen molar-refractivity contribution in [1.29, 1.82) is 0 Å². The fourth-order valence-corrected chi connectivity index (χ4v) is 3.41. The highest BCUT2D eigenvalue weighted by atomic mass is 32.1. The molecular formula is C19H27N5O3S. The number of hydrogen-bond acceptors (Lipinski definition) is 7. The van der Waals surface area contributed by atoms with Gasteiger partial charge < -0.3 is 20.5 Å². The van der Waals surface area contributed by atoms with Gasteiger partial charge in [0.05, 0.1) is 31.0 Å². The average molecular weight is 406 g/mol. The van der Waals surface area contributed by atoms with Crippen LogP contribution in [0.25, 0.3) is 0 Å². The van der Waals surface area contributed by atoms with E-state index in [0.717, 1.165) is 10.6 Å². The second-order valence-corrected chi connectivity index (χ2v) is 7.10. The Labute approximate surface area is 169 Å². The lowest BCUT2D eigenvalue weighted by Gasteiger charge is -2.17. The number of pyridine rings is 1. The van der Waals surface area contributed by atoms with E-state index in [2.05, 4.69) is 25.6 Å². The van der Waals surface area contributed by atoms with E-state index >= 15 is 0 Å². The van der Waals surface area contributed by atoms with Crippen molar-refractivity contribution in [1.82, 2.24) is 20.6 Å². The summed E-state index contributed by atoms with van der Waals surface area (Å²) in [7, 11) is 0. The molecule has 0 saturated heterocycles. The molecule has 8 nitrogen and oxygen atoms in total. The number of aliphatic hydroxyl groups is 1. The minimum Gasteiger partial charge on any atom is -0.462 e. The summed E-state index contributed by atoms with van der Waals surface area (Å²) >= 11 is 1.31. The molecule has 0 amide bonds. The molecule has 9 heteroatoms. The van der Waals surface area contributed by atoms with Gasteiger partial charge in [0.15, 0.2) is 5.96 Å². The highest BCUT2D eigenvalue weighted by molar-refractivity contribution is 7.13. The zero-order chi connectivity index (χ0) is 20.5. The molecule has 2 atom stereocenters. The molecule has 2 unspecified atom stereocenters. The maximum Gasteiger partial charge on any atom is 0.350 e. The number of aliphatic hydroxyl groups excluding tert-OH is 1. The third-order valence-electron chi connectivity index (χ3n) is 3.86. The third-order valence-corrected chi connectivity index (χ3v) is 5.18. The molecule has 0 aliphatic rings. The molecule has 2 aromatic rings. The Hall–Kier alpha value is -2.52. The summed E-state index contributed by atoms with van der Waals surface area (Å²) in [6.45, 7) is 8.69. The molecule has 2 rings (SSSR count). The normalized spacial score (nSPS) is 13.7. The Morgan fingerprint density at radius 2 is 2.07 bits per heavy atom. The molecule has 152 valence electrons. The summed E-state index contributed by atoms with van der Waals surface area (Å²) < 4.78 is 5.07. The molecule has 28 heavy (non-hydrogen) atoms. The van der Waals surface area contributed by atoms with E-state index in [1.54, 1.807) is 38.4 Å². The summed E-state index contributed by atoms with van der Waals surface area (Å²) in [6, 6.07) is 3.36. The number of aryl methyl sites for hydroxylation is 1. The van der Waals surface area contributed by atoms with Gasteiger partial charge in [0, 0.05) is 18.9 Å². The van der Waals surface area contributed by atoms with Crippen molar-refractivity contribution < 1.29 is 14.6 Å². The summed E-state index contributed by atoms with van der Waals surface area (Å²) in [5.74, 6) is 0.214. The van der Waals surface area contributed by atoms with E-state index in [0.29, 0.717) is 29.7 Å². The maximum atomic E-state index is 12.0. The fraction of sp³-hybridized carbons (Fsp3) is 0.474. The highest BCUT2D eigenvalue weighted by Crippen LogP contribution is 2.24. The Kier molecular flexibility index (Phi) is 8.34. The number of nitrogens with zero attached hydrogens (tertiary/aromatic N) is 3. The van der Waals surface area contributed by atoms with Gasteiger partial charge in [-0.1, -0.05) is 0 Å². The molecule has 3 N–H and O–H groups in total. The SMILES string of the molecule is CCNC(=NCC(O)c1ccncc1)NC(C)c1nc(C)c(C(=O)OCC)s1. The first-order valence-electron chi connectivity index (χ1n) is 9.23. The fourth-order valence-electron chi connectivity index (χ4n) is 2.44. The number of hydrogen-bond donors (Lipinski definition) is 3. The lowest BCUT2D eigenvalue weighted by Crippen LogP contribution is -2.39. The predicted octanol–water partition coefficient (Wildman–Crippen LogP) is 2.37. The van der Waals surface area contributed by atoms with Crippen LogP contribution in [0.3, 0.4) is 0 Å². The van der Waals surface area contributed by atoms with Gasteiger partial charge in [-0.3, -0.25) is 9.98 Å². The molecule has 0 aromatic carbocycles. The van der Waals surface area contributed by atoms with Crippen molar-refractivity contribution >= 4 is 23.3 Å². The van der Waals surface area contributed by atoms with E-state index in [9.17, 15) is 9.90 Å². The van der Waals surface area contributed by atoms with Crippen molar-refractivity contribution in [2.75, 3.05) is 19.7 Å². The van der Waals surface area contributed by atoms with Gasteiger partial charge in [0.25, 0.3) is 0 Å². The lowest BCUT2D eigenvalue weighted by molar-refractivity contribution is 0.0531. The minimum atomic E-state index is -0.716. The van der Waals surface area contributed by atoms with E-state index in [1.807, 2.05) is 13.8 Å². The number of thiazole rings is 1. The molecular weight excluding hydrogens is 378 g/mol. The molecule has 0 aliphatic heterocycles. The van der Waals surface area contributed by atoms with E-state index in [1.165, 1.54) is 11.3 Å². The number of carbonyl (C=O) groups is 1. The average Bonchev–Trinajstić information content (AvgIpc) is 3.09. The van der Waals surface area contributed by atoms with Crippen molar-refractivity contribution in [3.8, 4) is 0 Å². The number of nitrogens with one attached hydrogen (secondary N) is 2. The molecule has 0 fully saturated rings. The molecule has 0 spiro atoms. The van der Waals surface area contributed by atoms with Crippen molar-refractivity contribution in [3.05, 3.63) is 45.7 Å². The molecule has 0 saturated carbocycles. The van der Waals surface area contributed by atoms with Crippen LogP contribution in [0.1, 0.15) is 58.9 Å². The van der Waals surface area contributed by atoms with Gasteiger partial charge in [-0.05, 0) is 45.4 Å². The predicted molar refractivity (Wildman–Crippen MR) is 110 cm³/mol. The Bertz CT molecular complexity index is 794. The first kappa shape index (κ1) is 21.8. The topological polar surface area (TPSA) is 109 Å². The van der Waals surface area contributed by atoms with E-state index in [4.69, 9.17) is 4.74 Å². The first-order valence-corrected chi connectivity index (χ1v) is 10.0. The molecule has 0 aliphatic carbocycles. The van der Waals surface area contributed by atoms with Crippen LogP contribution in [0.4, 0.5) is 0 Å². The van der Waals surface area contributed by atoms with E-state index in [-0.39, 0.29) is 18.6 Å². The number of aromatic nitrogens is 2. The largest absolute Gasteiger partial charge is 0.462 e. The second-order valence-electron chi connectivity index (χ2n) is 6.07. The molecule has 0 bridgehead atoms. The van der Waals surface area contributed by atoms with Crippen LogP contribution >= 0.6 is 11.3 Å². The number of guanidine groups is 1. The summed E-state index contributed by atoms with van der Waals surface area (Å²) in [6.07, 6.45) is 2.56. The number of rotatable bonds is 8. The Morgan fingerprint density at radius 1 is 1.36 bits per heavy atom. The zero-order valence-corrected chi connectivity index (χ0v) is 17.4. The van der Waals surface area contributed by atoms with Gasteiger partial charge in [-0.15, -0.1) is 11.3 Å². The molecule has 2 heterocycles. The summed E-state index contributed by atoms with van der Waals surface area (Å²) in [5, 5.41) is 17.5. The van der Waals surface area contributed by atoms with Crippen LogP contribution in [-0.2, 0) is 4.74 Å². The van der Waals surface area contributed by atoms with Gasteiger partial charge in [-0.2, -0.15) is 0 Å². The van der Waals surface area contributed by atoms with Gasteiger partial charge in [0.1, 0.15) is 9.88 Å². The van der Waals surface area contributed by atoms with Crippen LogP contribution in [0.5, 0.6) is 0 Å². The van der Waals surface area contributed by atoms with Gasteiger partial charge >= 0.3 is 5.97 Å². The van der Waals surface area contributed by atoms with Crippen molar-refractivity contribution in [3.63, 3.8) is 0 Å². The maximum absolute atomic E-state index is 12.0. The third kappa shape index (κ3) is 6.00. The van der Waals surface area contributed by atoms with Crippen LogP contribution in [0.2, 0.25) is 0 Å². The van der Waals surface area contributed by atoms with Crippen LogP contribution in [-0.4, -0.2) is 46.7 Å². The monoisotopic (exact) mass is 405 g/mol. The zero-order valence-electron chi connectivity index (χ0n) is 16.6. The van der Waals surface area contributed by atoms with Crippen LogP contribution in [0, 0.1) is 6.92 Å². The first-order chi connectivity index (χ1) is 13.5. The molecule has 2 aromatic heterocycles. The van der Waals surface area contributed by atoms with Gasteiger partial charge in [0.2, 0.25) is 0 Å². The standard InChI is InChI=1S/C19H27N5O3S/c1-5-21-19(22-11-15(25)14-7-9-20-10-8-14)24-13(4)17-23-12(3)16(28-17)18(26)27-6-2/h7-10,13,15,25H,5-6,11H2,1-4H3,(H2,21,22,24). The van der Waals surface area contributed by atoms with Crippen LogP contribution < -0.4 is 10.6 Å². The Balaban J connectivity index is 2.06. The minimum absolute atomic E-state index is 0.164. The highest BCUT2D eigenvalue weighted by Gasteiger charge is 2.20. The lowest BCUT2D eigenvalue weighted by atomic mass is 10.1. The summed E-state index contributed by atoms with van der Waals surface area (Å²) in [5.41, 5.74) is 1.42. The van der Waals surface area contributed by atoms with Gasteiger partial charge in [-0.25, -0.2) is 9.78 Å². The van der Waals surface area contributed by atoms with Crippen LogP contribution in [0.15, 0.2) is 29.5 Å². The van der Waals surface area contributed by atoms with Crippen molar-refractivity contribution in [2.45, 2.75) is 39.8 Å². The Morgan fingerprint density at radius 3 is 2.71 bits per heavy atom. The smallest absolute Gasteiger partial charge is 0.350 e. The number of ether oxygens (including phenoxy) is 1. The van der Waals surface area contributed by atoms with E-state index < -0.39 is 6.10 Å². The molecule has 0 radical (unpaired) electrons.